The fraction of sp³-hybridized carbons (Fsp3) is 0.500. The van der Waals surface area contributed by atoms with Crippen molar-refractivity contribution < 1.29 is 4.79 Å². The third kappa shape index (κ3) is 2.03. The van der Waals surface area contributed by atoms with Crippen molar-refractivity contribution in [2.75, 3.05) is 11.5 Å². The molecule has 0 atom stereocenters. The van der Waals surface area contributed by atoms with Gasteiger partial charge in [-0.15, -0.1) is 0 Å². The number of rotatable bonds is 5. The SMILES string of the molecule is CCSCC1(c2ccccc2C=O)CCC1. The van der Waals surface area contributed by atoms with Crippen molar-refractivity contribution in [3.8, 4) is 0 Å². The zero-order chi connectivity index (χ0) is 11.4. The second-order valence-corrected chi connectivity index (χ2v) is 5.75. The molecule has 1 saturated carbocycles. The first kappa shape index (κ1) is 11.7. The van der Waals surface area contributed by atoms with Gasteiger partial charge in [0.05, 0.1) is 0 Å². The Morgan fingerprint density at radius 3 is 2.69 bits per heavy atom. The molecule has 0 aromatic heterocycles. The first-order valence-corrected chi connectivity index (χ1v) is 7.10. The average Bonchev–Trinajstić information content (AvgIpc) is 2.28. The molecule has 86 valence electrons. The van der Waals surface area contributed by atoms with Crippen molar-refractivity contribution in [3.63, 3.8) is 0 Å². The Balaban J connectivity index is 2.28. The van der Waals surface area contributed by atoms with Crippen LogP contribution < -0.4 is 0 Å². The van der Waals surface area contributed by atoms with E-state index in [1.807, 2.05) is 23.9 Å². The van der Waals surface area contributed by atoms with Crippen LogP contribution in [0, 0.1) is 0 Å². The molecule has 1 aromatic carbocycles. The van der Waals surface area contributed by atoms with E-state index in [1.165, 1.54) is 24.8 Å². The number of thioether (sulfide) groups is 1. The minimum Gasteiger partial charge on any atom is -0.298 e. The molecule has 16 heavy (non-hydrogen) atoms. The molecular weight excluding hydrogens is 216 g/mol. The molecule has 2 rings (SSSR count). The van der Waals surface area contributed by atoms with Crippen molar-refractivity contribution in [2.45, 2.75) is 31.6 Å². The van der Waals surface area contributed by atoms with Crippen molar-refractivity contribution >= 4 is 18.0 Å². The lowest BCUT2D eigenvalue weighted by atomic mass is 9.65. The lowest BCUT2D eigenvalue weighted by Gasteiger charge is -2.43. The smallest absolute Gasteiger partial charge is 0.150 e. The molecule has 0 radical (unpaired) electrons. The van der Waals surface area contributed by atoms with E-state index in [2.05, 4.69) is 19.1 Å². The molecule has 0 saturated heterocycles. The van der Waals surface area contributed by atoms with Crippen LogP contribution in [-0.2, 0) is 5.41 Å². The van der Waals surface area contributed by atoms with E-state index in [4.69, 9.17) is 0 Å². The van der Waals surface area contributed by atoms with E-state index in [1.54, 1.807) is 0 Å². The summed E-state index contributed by atoms with van der Waals surface area (Å²) in [6, 6.07) is 8.09. The highest BCUT2D eigenvalue weighted by Crippen LogP contribution is 2.46. The van der Waals surface area contributed by atoms with Gasteiger partial charge in [-0.1, -0.05) is 37.6 Å². The number of aldehydes is 1. The van der Waals surface area contributed by atoms with Gasteiger partial charge in [0.25, 0.3) is 0 Å². The van der Waals surface area contributed by atoms with E-state index in [0.717, 1.165) is 23.4 Å². The Bertz CT molecular complexity index is 369. The molecule has 1 aliphatic rings. The van der Waals surface area contributed by atoms with Gasteiger partial charge in [-0.3, -0.25) is 4.79 Å². The van der Waals surface area contributed by atoms with Gasteiger partial charge in [0.15, 0.2) is 0 Å². The first-order valence-electron chi connectivity index (χ1n) is 5.95. The standard InChI is InChI=1S/C14H18OS/c1-2-16-11-14(8-5-9-14)13-7-4-3-6-12(13)10-15/h3-4,6-7,10H,2,5,8-9,11H2,1H3. The molecule has 1 aromatic rings. The zero-order valence-electron chi connectivity index (χ0n) is 9.74. The van der Waals surface area contributed by atoms with Gasteiger partial charge in [0.1, 0.15) is 6.29 Å². The van der Waals surface area contributed by atoms with Crippen LogP contribution in [0.1, 0.15) is 42.1 Å². The van der Waals surface area contributed by atoms with Crippen LogP contribution in [0.4, 0.5) is 0 Å². The Hall–Kier alpha value is -0.760. The van der Waals surface area contributed by atoms with Crippen molar-refractivity contribution in [3.05, 3.63) is 35.4 Å². The number of hydrogen-bond acceptors (Lipinski definition) is 2. The summed E-state index contributed by atoms with van der Waals surface area (Å²) in [5.41, 5.74) is 2.45. The highest BCUT2D eigenvalue weighted by molar-refractivity contribution is 7.99. The van der Waals surface area contributed by atoms with Gasteiger partial charge >= 0.3 is 0 Å². The maximum Gasteiger partial charge on any atom is 0.150 e. The number of hydrogen-bond donors (Lipinski definition) is 0. The normalized spacial score (nSPS) is 17.8. The molecule has 0 unspecified atom stereocenters. The van der Waals surface area contributed by atoms with Gasteiger partial charge in [-0.2, -0.15) is 11.8 Å². The van der Waals surface area contributed by atoms with Crippen LogP contribution >= 0.6 is 11.8 Å². The minimum absolute atomic E-state index is 0.290. The Morgan fingerprint density at radius 2 is 2.12 bits per heavy atom. The van der Waals surface area contributed by atoms with Gasteiger partial charge in [-0.05, 0) is 24.2 Å². The Kier molecular flexibility index (Phi) is 3.70. The van der Waals surface area contributed by atoms with Crippen LogP contribution in [0.15, 0.2) is 24.3 Å². The predicted molar refractivity (Wildman–Crippen MR) is 70.4 cm³/mol. The first-order chi connectivity index (χ1) is 7.82. The Labute approximate surface area is 102 Å². The molecule has 0 spiro atoms. The molecule has 2 heteroatoms. The van der Waals surface area contributed by atoms with E-state index in [0.29, 0.717) is 0 Å². The minimum atomic E-state index is 0.290. The maximum atomic E-state index is 11.1. The second kappa shape index (κ2) is 5.05. The van der Waals surface area contributed by atoms with E-state index in [9.17, 15) is 4.79 Å². The summed E-state index contributed by atoms with van der Waals surface area (Å²) in [7, 11) is 0. The topological polar surface area (TPSA) is 17.1 Å². The largest absolute Gasteiger partial charge is 0.298 e. The summed E-state index contributed by atoms with van der Waals surface area (Å²) in [5.74, 6) is 2.32. The molecule has 0 heterocycles. The van der Waals surface area contributed by atoms with Crippen molar-refractivity contribution in [1.29, 1.82) is 0 Å². The number of carbonyl (C=O) groups is 1. The summed E-state index contributed by atoms with van der Waals surface area (Å²) in [4.78, 5) is 11.1. The van der Waals surface area contributed by atoms with Crippen LogP contribution in [-0.4, -0.2) is 17.8 Å². The van der Waals surface area contributed by atoms with Crippen LogP contribution in [0.2, 0.25) is 0 Å². The fourth-order valence-corrected chi connectivity index (χ4v) is 3.51. The third-order valence-corrected chi connectivity index (χ3v) is 4.72. The lowest BCUT2D eigenvalue weighted by Crippen LogP contribution is -2.37. The summed E-state index contributed by atoms with van der Waals surface area (Å²) >= 11 is 1.99. The maximum absolute atomic E-state index is 11.1. The fourth-order valence-electron chi connectivity index (χ4n) is 2.48. The summed E-state index contributed by atoms with van der Waals surface area (Å²) in [5, 5.41) is 0. The second-order valence-electron chi connectivity index (χ2n) is 4.48. The predicted octanol–water partition coefficient (Wildman–Crippen LogP) is 3.67. The quantitative estimate of drug-likeness (QED) is 0.723. The highest BCUT2D eigenvalue weighted by Gasteiger charge is 2.39. The van der Waals surface area contributed by atoms with Gasteiger partial charge in [0, 0.05) is 16.7 Å². The highest BCUT2D eigenvalue weighted by atomic mass is 32.2. The van der Waals surface area contributed by atoms with Gasteiger partial charge in [-0.25, -0.2) is 0 Å². The van der Waals surface area contributed by atoms with E-state index < -0.39 is 0 Å². The molecule has 0 bridgehead atoms. The summed E-state index contributed by atoms with van der Waals surface area (Å²) in [6.45, 7) is 2.20. The lowest BCUT2D eigenvalue weighted by molar-refractivity contribution is 0.111. The molecule has 1 nitrogen and oxygen atoms in total. The van der Waals surface area contributed by atoms with Crippen molar-refractivity contribution in [2.24, 2.45) is 0 Å². The molecule has 0 aliphatic heterocycles. The molecule has 0 N–H and O–H groups in total. The van der Waals surface area contributed by atoms with E-state index in [-0.39, 0.29) is 5.41 Å². The molecular formula is C14H18OS. The summed E-state index contributed by atoms with van der Waals surface area (Å²) in [6.07, 6.45) is 4.79. The third-order valence-electron chi connectivity index (χ3n) is 3.55. The Morgan fingerprint density at radius 1 is 1.38 bits per heavy atom. The molecule has 0 amide bonds. The average molecular weight is 234 g/mol. The van der Waals surface area contributed by atoms with Gasteiger partial charge < -0.3 is 0 Å². The summed E-state index contributed by atoms with van der Waals surface area (Å²) < 4.78 is 0. The molecule has 1 fully saturated rings. The molecule has 1 aliphatic carbocycles. The van der Waals surface area contributed by atoms with Crippen LogP contribution in [0.25, 0.3) is 0 Å². The van der Waals surface area contributed by atoms with Gasteiger partial charge in [0.2, 0.25) is 0 Å². The number of carbonyl (C=O) groups excluding carboxylic acids is 1. The van der Waals surface area contributed by atoms with Crippen LogP contribution in [0.5, 0.6) is 0 Å². The van der Waals surface area contributed by atoms with Crippen molar-refractivity contribution in [1.82, 2.24) is 0 Å². The van der Waals surface area contributed by atoms with E-state index >= 15 is 0 Å². The zero-order valence-corrected chi connectivity index (χ0v) is 10.6. The monoisotopic (exact) mass is 234 g/mol. The van der Waals surface area contributed by atoms with Crippen LogP contribution in [0.3, 0.4) is 0 Å². The number of benzene rings is 1.